The molecule has 2 unspecified atom stereocenters. The van der Waals surface area contributed by atoms with Gasteiger partial charge in [0.1, 0.15) is 0 Å². The molecule has 1 fully saturated rings. The van der Waals surface area contributed by atoms with Crippen molar-refractivity contribution in [2.75, 3.05) is 6.61 Å². The van der Waals surface area contributed by atoms with Gasteiger partial charge in [0.15, 0.2) is 0 Å². The van der Waals surface area contributed by atoms with Crippen molar-refractivity contribution in [2.45, 2.75) is 32.6 Å². The van der Waals surface area contributed by atoms with E-state index < -0.39 is 0 Å². The summed E-state index contributed by atoms with van der Waals surface area (Å²) in [5, 5.41) is 9.00. The SMILES string of the molecule is CC/C=C/C1CCCC1CO. The zero-order chi connectivity index (χ0) is 8.10. The molecule has 0 heterocycles. The summed E-state index contributed by atoms with van der Waals surface area (Å²) in [6.45, 7) is 2.53. The lowest BCUT2D eigenvalue weighted by Gasteiger charge is -2.11. The monoisotopic (exact) mass is 154 g/mol. The molecule has 0 aromatic heterocycles. The summed E-state index contributed by atoms with van der Waals surface area (Å²) in [6.07, 6.45) is 9.42. The Morgan fingerprint density at radius 2 is 2.27 bits per heavy atom. The van der Waals surface area contributed by atoms with E-state index in [9.17, 15) is 0 Å². The predicted octanol–water partition coefficient (Wildman–Crippen LogP) is 2.36. The van der Waals surface area contributed by atoms with Gasteiger partial charge in [-0.3, -0.25) is 0 Å². The molecule has 11 heavy (non-hydrogen) atoms. The van der Waals surface area contributed by atoms with Crippen LogP contribution in [0.5, 0.6) is 0 Å². The molecule has 1 aliphatic rings. The second-order valence-corrected chi connectivity index (χ2v) is 3.37. The molecule has 0 amide bonds. The molecule has 1 heteroatoms. The highest BCUT2D eigenvalue weighted by atomic mass is 16.3. The van der Waals surface area contributed by atoms with Crippen molar-refractivity contribution in [1.29, 1.82) is 0 Å². The minimum atomic E-state index is 0.374. The van der Waals surface area contributed by atoms with Gasteiger partial charge in [0.25, 0.3) is 0 Å². The van der Waals surface area contributed by atoms with E-state index in [1.54, 1.807) is 0 Å². The fraction of sp³-hybridized carbons (Fsp3) is 0.800. The van der Waals surface area contributed by atoms with Crippen molar-refractivity contribution >= 4 is 0 Å². The predicted molar refractivity (Wildman–Crippen MR) is 47.3 cm³/mol. The van der Waals surface area contributed by atoms with E-state index in [2.05, 4.69) is 19.1 Å². The Bertz CT molecular complexity index is 129. The van der Waals surface area contributed by atoms with Crippen LogP contribution in [0.1, 0.15) is 32.6 Å². The first-order valence-electron chi connectivity index (χ1n) is 4.66. The summed E-state index contributed by atoms with van der Waals surface area (Å²) < 4.78 is 0. The molecule has 0 radical (unpaired) electrons. The first-order chi connectivity index (χ1) is 5.38. The fourth-order valence-corrected chi connectivity index (χ4v) is 1.86. The summed E-state index contributed by atoms with van der Waals surface area (Å²) >= 11 is 0. The lowest BCUT2D eigenvalue weighted by molar-refractivity contribution is 0.210. The van der Waals surface area contributed by atoms with Gasteiger partial charge in [0, 0.05) is 6.61 Å². The largest absolute Gasteiger partial charge is 0.396 e. The lowest BCUT2D eigenvalue weighted by Crippen LogP contribution is -2.09. The molecule has 1 saturated carbocycles. The summed E-state index contributed by atoms with van der Waals surface area (Å²) in [5.41, 5.74) is 0. The molecule has 1 rings (SSSR count). The van der Waals surface area contributed by atoms with E-state index in [1.165, 1.54) is 19.3 Å². The molecule has 64 valence electrons. The molecule has 0 bridgehead atoms. The Balaban J connectivity index is 2.37. The summed E-state index contributed by atoms with van der Waals surface area (Å²) in [5.74, 6) is 1.22. The van der Waals surface area contributed by atoms with E-state index in [0.717, 1.165) is 6.42 Å². The van der Waals surface area contributed by atoms with Gasteiger partial charge < -0.3 is 5.11 Å². The van der Waals surface area contributed by atoms with Gasteiger partial charge in [0.05, 0.1) is 0 Å². The van der Waals surface area contributed by atoms with Crippen LogP contribution in [-0.2, 0) is 0 Å². The summed E-state index contributed by atoms with van der Waals surface area (Å²) in [7, 11) is 0. The van der Waals surface area contributed by atoms with Crippen LogP contribution in [0.15, 0.2) is 12.2 Å². The maximum atomic E-state index is 9.00. The maximum Gasteiger partial charge on any atom is 0.0464 e. The fourth-order valence-electron chi connectivity index (χ4n) is 1.86. The first kappa shape index (κ1) is 8.79. The minimum Gasteiger partial charge on any atom is -0.396 e. The molecule has 0 aromatic rings. The second-order valence-electron chi connectivity index (χ2n) is 3.37. The number of allylic oxidation sites excluding steroid dienone is 2. The topological polar surface area (TPSA) is 20.2 Å². The Morgan fingerprint density at radius 1 is 1.45 bits per heavy atom. The molecule has 1 N–H and O–H groups in total. The number of hydrogen-bond donors (Lipinski definition) is 1. The Kier molecular flexibility index (Phi) is 3.64. The quantitative estimate of drug-likeness (QED) is 0.619. The third-order valence-electron chi connectivity index (χ3n) is 2.57. The average molecular weight is 154 g/mol. The van der Waals surface area contributed by atoms with Crippen LogP contribution in [0.2, 0.25) is 0 Å². The number of hydrogen-bond acceptors (Lipinski definition) is 1. The van der Waals surface area contributed by atoms with Gasteiger partial charge >= 0.3 is 0 Å². The molecule has 1 nitrogen and oxygen atoms in total. The molecular formula is C10H18O. The highest BCUT2D eigenvalue weighted by Gasteiger charge is 2.23. The number of aliphatic hydroxyl groups excluding tert-OH is 1. The van der Waals surface area contributed by atoms with Crippen molar-refractivity contribution in [1.82, 2.24) is 0 Å². The number of aliphatic hydroxyl groups is 1. The van der Waals surface area contributed by atoms with E-state index >= 15 is 0 Å². The molecule has 0 spiro atoms. The average Bonchev–Trinajstić information content (AvgIpc) is 2.47. The second kappa shape index (κ2) is 4.55. The van der Waals surface area contributed by atoms with Gasteiger partial charge in [-0.05, 0) is 31.1 Å². The van der Waals surface area contributed by atoms with Crippen LogP contribution >= 0.6 is 0 Å². The molecule has 0 aliphatic heterocycles. The van der Waals surface area contributed by atoms with Crippen molar-refractivity contribution in [3.63, 3.8) is 0 Å². The van der Waals surface area contributed by atoms with Crippen LogP contribution in [0.25, 0.3) is 0 Å². The molecular weight excluding hydrogens is 136 g/mol. The van der Waals surface area contributed by atoms with Crippen LogP contribution in [0, 0.1) is 11.8 Å². The molecule has 1 aliphatic carbocycles. The van der Waals surface area contributed by atoms with E-state index in [1.807, 2.05) is 0 Å². The molecule has 0 aromatic carbocycles. The number of rotatable bonds is 3. The first-order valence-corrected chi connectivity index (χ1v) is 4.66. The van der Waals surface area contributed by atoms with Crippen molar-refractivity contribution in [2.24, 2.45) is 11.8 Å². The standard InChI is InChI=1S/C10H18O/c1-2-3-5-9-6-4-7-10(9)8-11/h3,5,9-11H,2,4,6-8H2,1H3/b5-3+. The highest BCUT2D eigenvalue weighted by Crippen LogP contribution is 2.32. The van der Waals surface area contributed by atoms with Gasteiger partial charge in [-0.15, -0.1) is 0 Å². The Hall–Kier alpha value is -0.300. The summed E-state index contributed by atoms with van der Waals surface area (Å²) in [6, 6.07) is 0. The lowest BCUT2D eigenvalue weighted by atomic mass is 9.96. The minimum absolute atomic E-state index is 0.374. The normalized spacial score (nSPS) is 31.8. The van der Waals surface area contributed by atoms with Crippen LogP contribution in [0.4, 0.5) is 0 Å². The third kappa shape index (κ3) is 2.33. The van der Waals surface area contributed by atoms with E-state index in [0.29, 0.717) is 18.4 Å². The van der Waals surface area contributed by atoms with Crippen LogP contribution in [0.3, 0.4) is 0 Å². The van der Waals surface area contributed by atoms with Gasteiger partial charge in [-0.2, -0.15) is 0 Å². The Morgan fingerprint density at radius 3 is 2.91 bits per heavy atom. The third-order valence-corrected chi connectivity index (χ3v) is 2.57. The van der Waals surface area contributed by atoms with Crippen molar-refractivity contribution in [3.8, 4) is 0 Å². The maximum absolute atomic E-state index is 9.00. The zero-order valence-electron chi connectivity index (χ0n) is 7.29. The van der Waals surface area contributed by atoms with Crippen molar-refractivity contribution < 1.29 is 5.11 Å². The van der Waals surface area contributed by atoms with Gasteiger partial charge in [0.2, 0.25) is 0 Å². The van der Waals surface area contributed by atoms with E-state index in [-0.39, 0.29) is 0 Å². The van der Waals surface area contributed by atoms with Crippen LogP contribution in [-0.4, -0.2) is 11.7 Å². The smallest absolute Gasteiger partial charge is 0.0464 e. The van der Waals surface area contributed by atoms with Gasteiger partial charge in [-0.25, -0.2) is 0 Å². The van der Waals surface area contributed by atoms with Gasteiger partial charge in [-0.1, -0.05) is 25.5 Å². The Labute approximate surface area is 69.1 Å². The van der Waals surface area contributed by atoms with E-state index in [4.69, 9.17) is 5.11 Å². The van der Waals surface area contributed by atoms with Crippen LogP contribution < -0.4 is 0 Å². The summed E-state index contributed by atoms with van der Waals surface area (Å²) in [4.78, 5) is 0. The molecule has 0 saturated heterocycles. The molecule has 2 atom stereocenters. The van der Waals surface area contributed by atoms with Crippen molar-refractivity contribution in [3.05, 3.63) is 12.2 Å². The highest BCUT2D eigenvalue weighted by molar-refractivity contribution is 4.94. The zero-order valence-corrected chi connectivity index (χ0v) is 7.29.